The van der Waals surface area contributed by atoms with Gasteiger partial charge in [-0.3, -0.25) is 9.59 Å². The summed E-state index contributed by atoms with van der Waals surface area (Å²) in [6, 6.07) is 0. The van der Waals surface area contributed by atoms with Gasteiger partial charge in [-0.2, -0.15) is 0 Å². The quantitative estimate of drug-likeness (QED) is 0.791. The summed E-state index contributed by atoms with van der Waals surface area (Å²) in [5.74, 6) is 3.41. The van der Waals surface area contributed by atoms with E-state index in [0.29, 0.717) is 23.7 Å². The van der Waals surface area contributed by atoms with E-state index in [2.05, 4.69) is 24.5 Å². The van der Waals surface area contributed by atoms with Crippen LogP contribution in [0.15, 0.2) is 0 Å². The Morgan fingerprint density at radius 1 is 0.818 bits per heavy atom. The average Bonchev–Trinajstić information content (AvgIpc) is 3.41. The van der Waals surface area contributed by atoms with E-state index >= 15 is 0 Å². The molecule has 0 radical (unpaired) electrons. The molecule has 0 bridgehead atoms. The van der Waals surface area contributed by atoms with Gasteiger partial charge < -0.3 is 10.6 Å². The highest BCUT2D eigenvalue weighted by atomic mass is 16.2. The first kappa shape index (κ1) is 15.8. The van der Waals surface area contributed by atoms with E-state index in [9.17, 15) is 9.59 Å². The number of rotatable bonds is 6. The molecule has 22 heavy (non-hydrogen) atoms. The summed E-state index contributed by atoms with van der Waals surface area (Å²) in [7, 11) is 0. The highest BCUT2D eigenvalue weighted by Crippen LogP contribution is 2.38. The number of amides is 2. The molecule has 0 unspecified atom stereocenters. The van der Waals surface area contributed by atoms with Gasteiger partial charge >= 0.3 is 0 Å². The standard InChI is InChI=1S/C18H30N2O2/c1-11-6-15(11)17(21)19-9-13-4-3-5-14(8-13)10-20-18(22)16-7-12(16)2/h11-16H,3-10H2,1-2H3,(H,19,21)(H,20,22)/t11-,12-,13-,14+,15+,16-/m0/s1. The fourth-order valence-corrected chi connectivity index (χ4v) is 3.90. The molecule has 2 N–H and O–H groups in total. The molecule has 0 heterocycles. The summed E-state index contributed by atoms with van der Waals surface area (Å²) in [5.41, 5.74) is 0. The molecular formula is C18H30N2O2. The molecular weight excluding hydrogens is 276 g/mol. The van der Waals surface area contributed by atoms with Gasteiger partial charge in [0.05, 0.1) is 0 Å². The molecule has 0 aromatic heterocycles. The second-order valence-corrected chi connectivity index (χ2v) is 8.03. The van der Waals surface area contributed by atoms with Crippen LogP contribution < -0.4 is 10.6 Å². The Labute approximate surface area is 133 Å². The van der Waals surface area contributed by atoms with Crippen molar-refractivity contribution in [3.05, 3.63) is 0 Å². The van der Waals surface area contributed by atoms with Crippen LogP contribution in [0.5, 0.6) is 0 Å². The molecule has 0 aliphatic heterocycles. The Hall–Kier alpha value is -1.06. The first-order valence-electron chi connectivity index (χ1n) is 9.10. The number of carbonyl (C=O) groups excluding carboxylic acids is 2. The van der Waals surface area contributed by atoms with Crippen molar-refractivity contribution in [2.45, 2.75) is 52.4 Å². The van der Waals surface area contributed by atoms with Crippen molar-refractivity contribution in [3.63, 3.8) is 0 Å². The predicted molar refractivity (Wildman–Crippen MR) is 86.0 cm³/mol. The van der Waals surface area contributed by atoms with E-state index < -0.39 is 0 Å². The number of nitrogens with one attached hydrogen (secondary N) is 2. The molecule has 6 atom stereocenters. The third-order valence-corrected chi connectivity index (χ3v) is 5.91. The van der Waals surface area contributed by atoms with E-state index in [1.54, 1.807) is 0 Å². The Kier molecular flexibility index (Phi) is 4.74. The van der Waals surface area contributed by atoms with Gasteiger partial charge in [0, 0.05) is 24.9 Å². The molecule has 3 rings (SSSR count). The van der Waals surface area contributed by atoms with E-state index in [-0.39, 0.29) is 23.7 Å². The van der Waals surface area contributed by atoms with Crippen molar-refractivity contribution in [1.29, 1.82) is 0 Å². The van der Waals surface area contributed by atoms with Crippen molar-refractivity contribution in [2.75, 3.05) is 13.1 Å². The molecule has 4 heteroatoms. The zero-order valence-corrected chi connectivity index (χ0v) is 13.9. The van der Waals surface area contributed by atoms with E-state index in [1.807, 2.05) is 0 Å². The van der Waals surface area contributed by atoms with Gasteiger partial charge in [0.2, 0.25) is 11.8 Å². The molecule has 4 nitrogen and oxygen atoms in total. The Morgan fingerprint density at radius 3 is 1.59 bits per heavy atom. The third kappa shape index (κ3) is 4.02. The smallest absolute Gasteiger partial charge is 0.223 e. The topological polar surface area (TPSA) is 58.2 Å². The maximum Gasteiger partial charge on any atom is 0.223 e. The molecule has 0 aromatic rings. The van der Waals surface area contributed by atoms with Gasteiger partial charge in [-0.05, 0) is 55.8 Å². The molecule has 3 aliphatic rings. The molecule has 3 saturated carbocycles. The number of hydrogen-bond donors (Lipinski definition) is 2. The molecule has 0 aromatic carbocycles. The van der Waals surface area contributed by atoms with Crippen molar-refractivity contribution in [3.8, 4) is 0 Å². The van der Waals surface area contributed by atoms with Crippen molar-refractivity contribution in [1.82, 2.24) is 10.6 Å². The minimum Gasteiger partial charge on any atom is -0.356 e. The van der Waals surface area contributed by atoms with E-state index in [0.717, 1.165) is 32.4 Å². The predicted octanol–water partition coefficient (Wildman–Crippen LogP) is 2.34. The normalized spacial score (nSPS) is 39.9. The lowest BCUT2D eigenvalue weighted by atomic mass is 9.81. The van der Waals surface area contributed by atoms with Gasteiger partial charge in [0.15, 0.2) is 0 Å². The minimum absolute atomic E-state index is 0.255. The molecule has 2 amide bonds. The fourth-order valence-electron chi connectivity index (χ4n) is 3.90. The Morgan fingerprint density at radius 2 is 1.23 bits per heavy atom. The SMILES string of the molecule is C[C@H]1C[C@@H]1C(=O)NC[C@@H]1CCC[C@H](CNC(=O)[C@@H]2C[C@@H]2C)C1. The van der Waals surface area contributed by atoms with Crippen LogP contribution in [0.2, 0.25) is 0 Å². The van der Waals surface area contributed by atoms with Gasteiger partial charge in [-0.25, -0.2) is 0 Å². The van der Waals surface area contributed by atoms with Gasteiger partial charge in [-0.15, -0.1) is 0 Å². The van der Waals surface area contributed by atoms with Crippen LogP contribution in [0.4, 0.5) is 0 Å². The van der Waals surface area contributed by atoms with Crippen molar-refractivity contribution < 1.29 is 9.59 Å². The largest absolute Gasteiger partial charge is 0.356 e. The summed E-state index contributed by atoms with van der Waals surface area (Å²) in [6.45, 7) is 5.94. The summed E-state index contributed by atoms with van der Waals surface area (Å²) >= 11 is 0. The monoisotopic (exact) mass is 306 g/mol. The lowest BCUT2D eigenvalue weighted by Crippen LogP contribution is -2.36. The Bertz CT molecular complexity index is 399. The zero-order chi connectivity index (χ0) is 15.7. The summed E-state index contributed by atoms with van der Waals surface area (Å²) in [5, 5.41) is 6.28. The maximum absolute atomic E-state index is 11.9. The van der Waals surface area contributed by atoms with Crippen LogP contribution >= 0.6 is 0 Å². The molecule has 0 spiro atoms. The fraction of sp³-hybridized carbons (Fsp3) is 0.889. The van der Waals surface area contributed by atoms with Crippen LogP contribution in [-0.4, -0.2) is 24.9 Å². The van der Waals surface area contributed by atoms with Crippen LogP contribution in [0.3, 0.4) is 0 Å². The molecule has 0 saturated heterocycles. The van der Waals surface area contributed by atoms with Gasteiger partial charge in [0.25, 0.3) is 0 Å². The van der Waals surface area contributed by atoms with Crippen LogP contribution in [0.1, 0.15) is 52.4 Å². The second-order valence-electron chi connectivity index (χ2n) is 8.03. The lowest BCUT2D eigenvalue weighted by molar-refractivity contribution is -0.123. The van der Waals surface area contributed by atoms with Crippen molar-refractivity contribution in [2.24, 2.45) is 35.5 Å². The van der Waals surface area contributed by atoms with E-state index in [4.69, 9.17) is 0 Å². The molecule has 3 fully saturated rings. The number of hydrogen-bond acceptors (Lipinski definition) is 2. The lowest BCUT2D eigenvalue weighted by Gasteiger charge is -2.29. The van der Waals surface area contributed by atoms with Crippen LogP contribution in [0.25, 0.3) is 0 Å². The minimum atomic E-state index is 0.255. The summed E-state index contributed by atoms with van der Waals surface area (Å²) < 4.78 is 0. The van der Waals surface area contributed by atoms with Gasteiger partial charge in [-0.1, -0.05) is 20.3 Å². The zero-order valence-electron chi connectivity index (χ0n) is 13.9. The second kappa shape index (κ2) is 6.59. The molecule has 3 aliphatic carbocycles. The van der Waals surface area contributed by atoms with Gasteiger partial charge in [0.1, 0.15) is 0 Å². The third-order valence-electron chi connectivity index (χ3n) is 5.91. The van der Waals surface area contributed by atoms with Crippen LogP contribution in [0, 0.1) is 35.5 Å². The van der Waals surface area contributed by atoms with E-state index in [1.165, 1.54) is 19.3 Å². The average molecular weight is 306 g/mol. The first-order chi connectivity index (χ1) is 10.5. The number of carbonyl (C=O) groups is 2. The molecule has 124 valence electrons. The van der Waals surface area contributed by atoms with Crippen molar-refractivity contribution >= 4 is 11.8 Å². The Balaban J connectivity index is 1.34. The first-order valence-corrected chi connectivity index (χ1v) is 9.10. The van der Waals surface area contributed by atoms with Crippen LogP contribution in [-0.2, 0) is 9.59 Å². The highest BCUT2D eigenvalue weighted by molar-refractivity contribution is 5.81. The highest BCUT2D eigenvalue weighted by Gasteiger charge is 2.40. The summed E-state index contributed by atoms with van der Waals surface area (Å²) in [6.07, 6.45) is 6.91. The summed E-state index contributed by atoms with van der Waals surface area (Å²) in [4.78, 5) is 23.8. The maximum atomic E-state index is 11.9.